The molecule has 1 aliphatic rings. The first kappa shape index (κ1) is 61.8. The minimum atomic E-state index is -0.239. The maximum Gasteiger partial charge on any atom is 0.233 e. The van der Waals surface area contributed by atoms with Gasteiger partial charge in [-0.1, -0.05) is 109 Å². The van der Waals surface area contributed by atoms with E-state index in [1.165, 1.54) is 0 Å². The smallest absolute Gasteiger partial charge is 0.233 e. The van der Waals surface area contributed by atoms with Gasteiger partial charge in [0.2, 0.25) is 5.78 Å². The average molecular weight is 1200 g/mol. The van der Waals surface area contributed by atoms with E-state index in [1.54, 1.807) is 67.7 Å². The second kappa shape index (κ2) is 28.5. The fourth-order valence-electron chi connectivity index (χ4n) is 10.3. The monoisotopic (exact) mass is 1200 g/mol. The summed E-state index contributed by atoms with van der Waals surface area (Å²) >= 11 is 0. The number of carbonyl (C=O) groups is 2. The van der Waals surface area contributed by atoms with Crippen molar-refractivity contribution in [2.45, 2.75) is 80.6 Å². The molecule has 4 N–H and O–H groups in total. The van der Waals surface area contributed by atoms with Crippen molar-refractivity contribution in [2.75, 3.05) is 0 Å². The van der Waals surface area contributed by atoms with Crippen LogP contribution >= 0.6 is 0 Å². The fraction of sp³-hybridized carbons (Fsp3) is 0.162. The molecule has 5 aromatic carbocycles. The lowest BCUT2D eigenvalue weighted by Gasteiger charge is -2.18. The molecule has 1 aliphatic heterocycles. The summed E-state index contributed by atoms with van der Waals surface area (Å²) in [5.74, 6) is 3.01. The summed E-state index contributed by atoms with van der Waals surface area (Å²) in [5.41, 5.74) is 14.0. The van der Waals surface area contributed by atoms with Crippen molar-refractivity contribution in [2.24, 2.45) is 0 Å². The molecule has 0 bridgehead atoms. The molecular weight excluding hydrogens is 1130 g/mol. The van der Waals surface area contributed by atoms with Crippen molar-refractivity contribution in [3.05, 3.63) is 268 Å². The number of aryl methyl sites for hydroxylation is 6. The molecule has 90 heavy (non-hydrogen) atoms. The molecule has 0 fully saturated rings. The number of imidazole rings is 2. The van der Waals surface area contributed by atoms with E-state index in [9.17, 15) is 24.9 Å². The summed E-state index contributed by atoms with van der Waals surface area (Å²) < 4.78 is 16.1. The predicted octanol–water partition coefficient (Wildman–Crippen LogP) is 15.0. The number of aromatic hydroxyl groups is 4. The van der Waals surface area contributed by atoms with Gasteiger partial charge in [-0.25, -0.2) is 24.9 Å². The quantitative estimate of drug-likeness (QED) is 0.0623. The van der Waals surface area contributed by atoms with Crippen LogP contribution in [0.2, 0.25) is 0 Å². The second-order valence-electron chi connectivity index (χ2n) is 21.7. The summed E-state index contributed by atoms with van der Waals surface area (Å²) in [7, 11) is 0. The second-order valence-corrected chi connectivity index (χ2v) is 21.7. The Kier molecular flexibility index (Phi) is 19.6. The van der Waals surface area contributed by atoms with Gasteiger partial charge in [0.15, 0.2) is 12.0 Å². The summed E-state index contributed by atoms with van der Waals surface area (Å²) in [6.07, 6.45) is 7.24. The topological polar surface area (TPSA) is 220 Å². The predicted molar refractivity (Wildman–Crippen MR) is 348 cm³/mol. The summed E-state index contributed by atoms with van der Waals surface area (Å²) in [4.78, 5) is 50.4. The molecule has 0 spiro atoms. The van der Waals surface area contributed by atoms with Crippen LogP contribution in [0.1, 0.15) is 90.0 Å². The van der Waals surface area contributed by atoms with Crippen LogP contribution < -0.4 is 9.47 Å². The average Bonchev–Trinajstić information content (AvgIpc) is 1.63. The summed E-state index contributed by atoms with van der Waals surface area (Å²) in [6.45, 7) is 12.9. The minimum Gasteiger partial charge on any atom is -0.507 e. The van der Waals surface area contributed by atoms with E-state index >= 15 is 0 Å². The van der Waals surface area contributed by atoms with Crippen molar-refractivity contribution in [3.63, 3.8) is 0 Å². The number of hydrogen-bond donors (Lipinski definition) is 4. The number of pyridine rings is 5. The fourth-order valence-corrected chi connectivity index (χ4v) is 10.3. The molecule has 0 saturated carbocycles. The number of phenolic OH excluding ortho intramolecular Hbond substituents is 3. The Morgan fingerprint density at radius 2 is 1.06 bits per heavy atom. The van der Waals surface area contributed by atoms with Crippen LogP contribution in [0.3, 0.4) is 0 Å². The van der Waals surface area contributed by atoms with Crippen molar-refractivity contribution in [1.29, 1.82) is 0 Å². The molecule has 0 atom stereocenters. The van der Waals surface area contributed by atoms with Crippen molar-refractivity contribution >= 4 is 17.6 Å². The standard InChI is InChI=1S/C27H23N3O2.C20H21N3O2.C19H16N2O2.C8H8O2/c1-18-9-8-12-21(26(18)31)27-29-24(22-13-6-7-16-30(22)27)25-23(15-14-19(2)28-25)32-17-20-10-4-3-5-11-20;1-12-6-5-7-14(19(12)25)20-22-17(15-8-3-4-11-23(15)20)18-16(24)10-9-13(2)21-18;1-14-10-11-17(23-13-15-7-3-2-4-8-15)18(21-14)19(22)16-9-5-6-12-20-16;1-6-3-2-4-7(5-9)8(6)10/h3-16,31H,17H2,1-2H3;5-7,9-10,24-25H,3-4,8,11H2,1-2H3;2-12H,13H2,1H3;2-5,10H,1H3. The van der Waals surface area contributed by atoms with E-state index in [1.807, 2.05) is 179 Å². The molecule has 0 amide bonds. The molecule has 12 aromatic rings. The highest BCUT2D eigenvalue weighted by Crippen LogP contribution is 2.41. The highest BCUT2D eigenvalue weighted by Gasteiger charge is 2.27. The van der Waals surface area contributed by atoms with Crippen LogP contribution in [0.4, 0.5) is 0 Å². The normalized spacial score (nSPS) is 11.4. The number of para-hydroxylation sites is 3. The Balaban J connectivity index is 0.000000139. The van der Waals surface area contributed by atoms with E-state index in [0.29, 0.717) is 76.4 Å². The maximum atomic E-state index is 12.6. The first-order chi connectivity index (χ1) is 43.7. The van der Waals surface area contributed by atoms with Gasteiger partial charge >= 0.3 is 0 Å². The number of phenols is 3. The van der Waals surface area contributed by atoms with E-state index < -0.39 is 0 Å². The summed E-state index contributed by atoms with van der Waals surface area (Å²) in [6, 6.07) is 58.4. The van der Waals surface area contributed by atoms with Crippen molar-refractivity contribution in [1.82, 2.24) is 38.9 Å². The Morgan fingerprint density at radius 3 is 1.69 bits per heavy atom. The first-order valence-corrected chi connectivity index (χ1v) is 29.5. The third kappa shape index (κ3) is 14.3. The van der Waals surface area contributed by atoms with Gasteiger partial charge in [0.05, 0.1) is 22.2 Å². The third-order valence-electron chi connectivity index (χ3n) is 15.1. The molecule has 16 nitrogen and oxygen atoms in total. The van der Waals surface area contributed by atoms with E-state index in [2.05, 4.69) is 19.5 Å². The van der Waals surface area contributed by atoms with Crippen LogP contribution in [0, 0.1) is 41.5 Å². The van der Waals surface area contributed by atoms with E-state index in [4.69, 9.17) is 29.5 Å². The van der Waals surface area contributed by atoms with E-state index in [-0.39, 0.29) is 28.8 Å². The molecule has 452 valence electrons. The number of rotatable bonds is 13. The molecule has 0 aliphatic carbocycles. The molecular formula is C74H68N8O8. The SMILES string of the molecule is Cc1ccc(O)c(-c2nc(-c3cccc(C)c3O)n3c2CCCC3)n1.Cc1ccc(OCc2ccccc2)c(-c2nc(-c3cccc(C)c3O)n3ccccc23)n1.Cc1ccc(OCc2ccccc2)c(C(=O)c2ccccn2)n1.Cc1cccc(C=O)c1O. The molecule has 7 aromatic heterocycles. The highest BCUT2D eigenvalue weighted by molar-refractivity contribution is 6.08. The minimum absolute atomic E-state index is 0.0810. The zero-order valence-electron chi connectivity index (χ0n) is 50.9. The largest absolute Gasteiger partial charge is 0.507 e. The van der Waals surface area contributed by atoms with Crippen molar-refractivity contribution in [3.8, 4) is 80.0 Å². The van der Waals surface area contributed by atoms with Crippen LogP contribution in [0.15, 0.2) is 200 Å². The van der Waals surface area contributed by atoms with Gasteiger partial charge in [-0.3, -0.25) is 19.0 Å². The highest BCUT2D eigenvalue weighted by atomic mass is 16.5. The van der Waals surface area contributed by atoms with Gasteiger partial charge < -0.3 is 34.5 Å². The Morgan fingerprint density at radius 1 is 0.500 bits per heavy atom. The Labute approximate surface area is 522 Å². The van der Waals surface area contributed by atoms with Crippen LogP contribution in [0.25, 0.3) is 51.1 Å². The molecule has 8 heterocycles. The number of fused-ring (bicyclic) bond motifs is 2. The molecule has 0 radical (unpaired) electrons. The first-order valence-electron chi connectivity index (χ1n) is 29.5. The lowest BCUT2D eigenvalue weighted by molar-refractivity contribution is 0.102. The van der Waals surface area contributed by atoms with Gasteiger partial charge in [-0.2, -0.15) is 0 Å². The molecule has 0 unspecified atom stereocenters. The van der Waals surface area contributed by atoms with Gasteiger partial charge in [-0.15, -0.1) is 0 Å². The Bertz CT molecular complexity index is 4470. The number of hydrogen-bond acceptors (Lipinski definition) is 14. The molecule has 13 rings (SSSR count). The third-order valence-corrected chi connectivity index (χ3v) is 15.1. The van der Waals surface area contributed by atoms with Crippen LogP contribution in [-0.4, -0.2) is 71.4 Å². The lowest BCUT2D eigenvalue weighted by Crippen LogP contribution is -2.11. The lowest BCUT2D eigenvalue weighted by atomic mass is 10.1. The van der Waals surface area contributed by atoms with Crippen LogP contribution in [-0.2, 0) is 26.2 Å². The van der Waals surface area contributed by atoms with Gasteiger partial charge in [0.1, 0.15) is 87.8 Å². The zero-order valence-corrected chi connectivity index (χ0v) is 50.9. The summed E-state index contributed by atoms with van der Waals surface area (Å²) in [5, 5.41) is 40.7. The number of ether oxygens (including phenoxy) is 2. The number of nitrogens with zero attached hydrogens (tertiary/aromatic N) is 8. The molecule has 16 heteroatoms. The zero-order chi connectivity index (χ0) is 63.3. The number of aldehydes is 1. The Hall–Kier alpha value is -11.3. The molecule has 0 saturated heterocycles. The van der Waals surface area contributed by atoms with Crippen molar-refractivity contribution < 1.29 is 39.5 Å². The number of ketones is 1. The van der Waals surface area contributed by atoms with Gasteiger partial charge in [-0.05, 0) is 167 Å². The number of benzene rings is 5. The van der Waals surface area contributed by atoms with Crippen LogP contribution in [0.5, 0.6) is 34.5 Å². The number of carbonyl (C=O) groups excluding carboxylic acids is 2. The van der Waals surface area contributed by atoms with Gasteiger partial charge in [0.25, 0.3) is 0 Å². The van der Waals surface area contributed by atoms with E-state index in [0.717, 1.165) is 99.0 Å². The maximum absolute atomic E-state index is 12.6. The van der Waals surface area contributed by atoms with Gasteiger partial charge in [0, 0.05) is 41.7 Å². The number of aromatic nitrogens is 8.